The fourth-order valence-corrected chi connectivity index (χ4v) is 4.54. The van der Waals surface area contributed by atoms with Gasteiger partial charge in [-0.25, -0.2) is 4.98 Å². The molecule has 1 amide bonds. The molecule has 1 aliphatic heterocycles. The fourth-order valence-electron chi connectivity index (χ4n) is 4.54. The smallest absolute Gasteiger partial charge is 0.259 e. The van der Waals surface area contributed by atoms with Gasteiger partial charge in [0.05, 0.1) is 28.4 Å². The Hall–Kier alpha value is -4.07. The first kappa shape index (κ1) is 18.7. The van der Waals surface area contributed by atoms with Crippen LogP contribution in [-0.2, 0) is 0 Å². The summed E-state index contributed by atoms with van der Waals surface area (Å²) in [6.45, 7) is 2.49. The first-order chi connectivity index (χ1) is 15.7. The fraction of sp³-hybridized carbons (Fsp3) is 0.208. The van der Waals surface area contributed by atoms with Crippen molar-refractivity contribution in [3.8, 4) is 11.3 Å². The Morgan fingerprint density at radius 3 is 2.81 bits per heavy atom. The molecule has 6 rings (SSSR count). The predicted molar refractivity (Wildman–Crippen MR) is 118 cm³/mol. The van der Waals surface area contributed by atoms with E-state index in [0.29, 0.717) is 34.6 Å². The second-order valence-electron chi connectivity index (χ2n) is 8.01. The van der Waals surface area contributed by atoms with Crippen LogP contribution >= 0.6 is 0 Å². The lowest BCUT2D eigenvalue weighted by atomic mass is 10.0. The molecule has 4 aromatic heterocycles. The average molecular weight is 424 g/mol. The van der Waals surface area contributed by atoms with E-state index in [0.717, 1.165) is 29.9 Å². The summed E-state index contributed by atoms with van der Waals surface area (Å²) in [6, 6.07) is 17.3. The molecule has 8 heteroatoms. The molecule has 0 N–H and O–H groups in total. The van der Waals surface area contributed by atoms with Crippen molar-refractivity contribution < 1.29 is 9.32 Å². The summed E-state index contributed by atoms with van der Waals surface area (Å²) in [5, 5.41) is 13.4. The highest BCUT2D eigenvalue weighted by Crippen LogP contribution is 2.35. The van der Waals surface area contributed by atoms with E-state index in [1.807, 2.05) is 77.0 Å². The molecule has 1 saturated heterocycles. The van der Waals surface area contributed by atoms with Gasteiger partial charge in [-0.05, 0) is 38.0 Å². The van der Waals surface area contributed by atoms with Gasteiger partial charge in [-0.3, -0.25) is 9.20 Å². The lowest BCUT2D eigenvalue weighted by molar-refractivity contribution is 0.0731. The van der Waals surface area contributed by atoms with Crippen LogP contribution in [0.25, 0.3) is 28.0 Å². The molecule has 158 valence electrons. The van der Waals surface area contributed by atoms with E-state index in [-0.39, 0.29) is 11.9 Å². The van der Waals surface area contributed by atoms with Crippen molar-refractivity contribution >= 4 is 22.7 Å². The summed E-state index contributed by atoms with van der Waals surface area (Å²) in [7, 11) is 0. The van der Waals surface area contributed by atoms with Gasteiger partial charge in [0.1, 0.15) is 0 Å². The first-order valence-corrected chi connectivity index (χ1v) is 10.6. The van der Waals surface area contributed by atoms with Gasteiger partial charge < -0.3 is 9.42 Å². The molecule has 32 heavy (non-hydrogen) atoms. The molecule has 1 aliphatic rings. The summed E-state index contributed by atoms with van der Waals surface area (Å²) >= 11 is 0. The third-order valence-corrected chi connectivity index (χ3v) is 6.07. The molecule has 1 atom stereocenters. The van der Waals surface area contributed by atoms with Crippen molar-refractivity contribution in [1.29, 1.82) is 0 Å². The number of carbonyl (C=O) groups excluding carboxylic acids is 1. The van der Waals surface area contributed by atoms with Crippen LogP contribution in [0.1, 0.15) is 40.8 Å². The van der Waals surface area contributed by atoms with Gasteiger partial charge in [0.2, 0.25) is 0 Å². The molecule has 0 saturated carbocycles. The number of benzene rings is 1. The van der Waals surface area contributed by atoms with Crippen molar-refractivity contribution in [2.75, 3.05) is 6.54 Å². The van der Waals surface area contributed by atoms with Gasteiger partial charge in [-0.1, -0.05) is 41.6 Å². The number of nitrogens with zero attached hydrogens (tertiary/aromatic N) is 6. The van der Waals surface area contributed by atoms with Gasteiger partial charge in [-0.2, -0.15) is 0 Å². The van der Waals surface area contributed by atoms with Gasteiger partial charge >= 0.3 is 0 Å². The minimum atomic E-state index is -0.150. The largest absolute Gasteiger partial charge is 0.335 e. The first-order valence-electron chi connectivity index (χ1n) is 10.6. The maximum Gasteiger partial charge on any atom is 0.259 e. The van der Waals surface area contributed by atoms with Crippen LogP contribution < -0.4 is 0 Å². The number of hydrogen-bond donors (Lipinski definition) is 0. The third-order valence-electron chi connectivity index (χ3n) is 6.07. The van der Waals surface area contributed by atoms with E-state index in [1.165, 1.54) is 0 Å². The number of hydrogen-bond acceptors (Lipinski definition) is 6. The van der Waals surface area contributed by atoms with E-state index in [2.05, 4.69) is 20.3 Å². The zero-order chi connectivity index (χ0) is 21.7. The molecule has 0 radical (unpaired) electrons. The number of carbonyl (C=O) groups is 1. The highest BCUT2D eigenvalue weighted by atomic mass is 16.5. The zero-order valence-corrected chi connectivity index (χ0v) is 17.5. The van der Waals surface area contributed by atoms with Crippen LogP contribution in [0, 0.1) is 6.92 Å². The van der Waals surface area contributed by atoms with E-state index < -0.39 is 0 Å². The van der Waals surface area contributed by atoms with E-state index in [1.54, 1.807) is 0 Å². The number of likely N-dealkylation sites (tertiary alicyclic amines) is 1. The number of aromatic nitrogens is 5. The van der Waals surface area contributed by atoms with Crippen molar-refractivity contribution in [3.05, 3.63) is 77.9 Å². The van der Waals surface area contributed by atoms with E-state index in [4.69, 9.17) is 4.52 Å². The molecule has 5 heterocycles. The van der Waals surface area contributed by atoms with Crippen LogP contribution in [-0.4, -0.2) is 42.1 Å². The van der Waals surface area contributed by atoms with Gasteiger partial charge in [-0.15, -0.1) is 10.2 Å². The maximum atomic E-state index is 13.9. The topological polar surface area (TPSA) is 89.4 Å². The average Bonchev–Trinajstić information content (AvgIpc) is 3.57. The van der Waals surface area contributed by atoms with Crippen LogP contribution in [0.5, 0.6) is 0 Å². The summed E-state index contributed by atoms with van der Waals surface area (Å²) in [6.07, 6.45) is 3.68. The van der Waals surface area contributed by atoms with Crippen molar-refractivity contribution in [2.45, 2.75) is 25.8 Å². The number of rotatable bonds is 3. The molecule has 0 bridgehead atoms. The Labute approximate surface area is 183 Å². The highest BCUT2D eigenvalue weighted by molar-refractivity contribution is 6.07. The summed E-state index contributed by atoms with van der Waals surface area (Å²) in [5.74, 6) is 0.707. The van der Waals surface area contributed by atoms with Crippen LogP contribution in [0.15, 0.2) is 65.3 Å². The second kappa shape index (κ2) is 7.26. The molecule has 5 aromatic rings. The standard InChI is InChI=1S/C24H20N6O2/c1-15-21-17(14-18(25-23(21)32-28-15)16-8-3-2-4-9-16)24(31)29-13-7-10-19(29)22-27-26-20-11-5-6-12-30(20)22/h2-6,8-9,11-12,14,19H,7,10,13H2,1H3/t19-/m1/s1. The Balaban J connectivity index is 1.47. The maximum absolute atomic E-state index is 13.9. The quantitative estimate of drug-likeness (QED) is 0.431. The molecule has 1 aromatic carbocycles. The van der Waals surface area contributed by atoms with Crippen molar-refractivity contribution in [1.82, 2.24) is 29.6 Å². The monoisotopic (exact) mass is 424 g/mol. The Morgan fingerprint density at radius 1 is 1.09 bits per heavy atom. The highest BCUT2D eigenvalue weighted by Gasteiger charge is 2.35. The summed E-state index contributed by atoms with van der Waals surface area (Å²) in [5.41, 5.74) is 3.94. The molecular formula is C24H20N6O2. The third kappa shape index (κ3) is 2.87. The normalized spacial score (nSPS) is 16.3. The summed E-state index contributed by atoms with van der Waals surface area (Å²) in [4.78, 5) is 20.4. The molecule has 8 nitrogen and oxygen atoms in total. The van der Waals surface area contributed by atoms with Crippen LogP contribution in [0.4, 0.5) is 0 Å². The van der Waals surface area contributed by atoms with Crippen molar-refractivity contribution in [2.24, 2.45) is 0 Å². The lowest BCUT2D eigenvalue weighted by Crippen LogP contribution is -2.31. The molecule has 0 spiro atoms. The van der Waals surface area contributed by atoms with Gasteiger partial charge in [0.15, 0.2) is 11.5 Å². The number of pyridine rings is 2. The zero-order valence-electron chi connectivity index (χ0n) is 17.5. The number of fused-ring (bicyclic) bond motifs is 2. The van der Waals surface area contributed by atoms with E-state index >= 15 is 0 Å². The van der Waals surface area contributed by atoms with Crippen LogP contribution in [0.3, 0.4) is 0 Å². The predicted octanol–water partition coefficient (Wildman–Crippen LogP) is 4.22. The Morgan fingerprint density at radius 2 is 1.94 bits per heavy atom. The summed E-state index contributed by atoms with van der Waals surface area (Å²) < 4.78 is 7.42. The van der Waals surface area contributed by atoms with Gasteiger partial charge in [0, 0.05) is 18.3 Å². The number of aryl methyl sites for hydroxylation is 1. The minimum absolute atomic E-state index is 0.0731. The molecule has 0 aliphatic carbocycles. The van der Waals surface area contributed by atoms with Crippen molar-refractivity contribution in [3.63, 3.8) is 0 Å². The Kier molecular flexibility index (Phi) is 4.24. The number of amides is 1. The second-order valence-corrected chi connectivity index (χ2v) is 8.01. The molecule has 0 unspecified atom stereocenters. The SMILES string of the molecule is Cc1noc2nc(-c3ccccc3)cc(C(=O)N3CCC[C@@H]3c3nnc4ccccn34)c12. The van der Waals surface area contributed by atoms with Gasteiger partial charge in [0.25, 0.3) is 11.6 Å². The molecule has 1 fully saturated rings. The minimum Gasteiger partial charge on any atom is -0.335 e. The molecular weight excluding hydrogens is 404 g/mol. The lowest BCUT2D eigenvalue weighted by Gasteiger charge is -2.24. The Bertz CT molecular complexity index is 1460. The van der Waals surface area contributed by atoms with Crippen LogP contribution in [0.2, 0.25) is 0 Å². The van der Waals surface area contributed by atoms with E-state index in [9.17, 15) is 4.79 Å².